The van der Waals surface area contributed by atoms with Gasteiger partial charge in [-0.3, -0.25) is 4.79 Å². The molecule has 134 valence electrons. The molecule has 0 saturated heterocycles. The second-order valence-corrected chi connectivity index (χ2v) is 7.50. The maximum absolute atomic E-state index is 13.1. The minimum Gasteiger partial charge on any atom is -0.324 e. The fourth-order valence-electron chi connectivity index (χ4n) is 3.12. The lowest BCUT2D eigenvalue weighted by Gasteiger charge is -2.24. The monoisotopic (exact) mass is 382 g/mol. The van der Waals surface area contributed by atoms with E-state index in [0.717, 1.165) is 23.8 Å². The Labute approximate surface area is 155 Å². The number of hydrogen-bond acceptors (Lipinski definition) is 4. The Morgan fingerprint density at radius 2 is 2.12 bits per heavy atom. The van der Waals surface area contributed by atoms with Gasteiger partial charge in [-0.05, 0) is 38.0 Å². The SMILES string of the molecule is Cc1nnc(SCC(=O)Nc2ccc(F)cc2Cl)n1C1CCCCC1. The van der Waals surface area contributed by atoms with Gasteiger partial charge in [-0.15, -0.1) is 10.2 Å². The molecule has 1 amide bonds. The Bertz CT molecular complexity index is 761. The van der Waals surface area contributed by atoms with Crippen LogP contribution in [-0.2, 0) is 4.79 Å². The van der Waals surface area contributed by atoms with Gasteiger partial charge in [-0.2, -0.15) is 0 Å². The van der Waals surface area contributed by atoms with Crippen LogP contribution in [0.3, 0.4) is 0 Å². The molecule has 5 nitrogen and oxygen atoms in total. The number of thioether (sulfide) groups is 1. The van der Waals surface area contributed by atoms with Gasteiger partial charge in [-0.1, -0.05) is 42.6 Å². The zero-order valence-corrected chi connectivity index (χ0v) is 15.5. The van der Waals surface area contributed by atoms with Gasteiger partial charge in [0.2, 0.25) is 5.91 Å². The van der Waals surface area contributed by atoms with E-state index in [2.05, 4.69) is 20.1 Å². The van der Waals surface area contributed by atoms with Crippen LogP contribution in [0.15, 0.2) is 23.4 Å². The van der Waals surface area contributed by atoms with E-state index >= 15 is 0 Å². The van der Waals surface area contributed by atoms with Crippen LogP contribution in [0.5, 0.6) is 0 Å². The van der Waals surface area contributed by atoms with Gasteiger partial charge in [0.15, 0.2) is 5.16 Å². The highest BCUT2D eigenvalue weighted by molar-refractivity contribution is 7.99. The quantitative estimate of drug-likeness (QED) is 0.767. The van der Waals surface area contributed by atoms with Crippen LogP contribution in [-0.4, -0.2) is 26.4 Å². The number of nitrogens with zero attached hydrogens (tertiary/aromatic N) is 3. The molecule has 0 spiro atoms. The van der Waals surface area contributed by atoms with E-state index in [-0.39, 0.29) is 16.7 Å². The van der Waals surface area contributed by atoms with Crippen molar-refractivity contribution in [2.24, 2.45) is 0 Å². The lowest BCUT2D eigenvalue weighted by atomic mass is 9.95. The number of amides is 1. The number of aromatic nitrogens is 3. The Morgan fingerprint density at radius 1 is 1.36 bits per heavy atom. The summed E-state index contributed by atoms with van der Waals surface area (Å²) >= 11 is 7.29. The molecule has 0 radical (unpaired) electrons. The van der Waals surface area contributed by atoms with Crippen LogP contribution in [0, 0.1) is 12.7 Å². The number of carbonyl (C=O) groups excluding carboxylic acids is 1. The molecule has 1 heterocycles. The summed E-state index contributed by atoms with van der Waals surface area (Å²) in [6, 6.07) is 4.31. The molecular formula is C17H20ClFN4OS. The van der Waals surface area contributed by atoms with Crippen molar-refractivity contribution in [2.45, 2.75) is 50.2 Å². The van der Waals surface area contributed by atoms with Crippen molar-refractivity contribution in [1.29, 1.82) is 0 Å². The molecule has 1 aliphatic carbocycles. The normalized spacial score (nSPS) is 15.3. The van der Waals surface area contributed by atoms with E-state index in [4.69, 9.17) is 11.6 Å². The summed E-state index contributed by atoms with van der Waals surface area (Å²) < 4.78 is 15.2. The van der Waals surface area contributed by atoms with Gasteiger partial charge in [0.25, 0.3) is 0 Å². The molecule has 1 aromatic carbocycles. The lowest BCUT2D eigenvalue weighted by molar-refractivity contribution is -0.113. The van der Waals surface area contributed by atoms with E-state index in [1.165, 1.54) is 49.2 Å². The molecule has 0 aliphatic heterocycles. The van der Waals surface area contributed by atoms with Crippen molar-refractivity contribution in [3.05, 3.63) is 34.9 Å². The Morgan fingerprint density at radius 3 is 2.84 bits per heavy atom. The van der Waals surface area contributed by atoms with Crippen molar-refractivity contribution in [1.82, 2.24) is 14.8 Å². The van der Waals surface area contributed by atoms with Crippen molar-refractivity contribution < 1.29 is 9.18 Å². The molecule has 1 N–H and O–H groups in total. The van der Waals surface area contributed by atoms with Gasteiger partial charge < -0.3 is 9.88 Å². The molecule has 1 aliphatic rings. The zero-order chi connectivity index (χ0) is 17.8. The van der Waals surface area contributed by atoms with Crippen LogP contribution in [0.2, 0.25) is 5.02 Å². The molecule has 1 fully saturated rings. The Balaban J connectivity index is 1.62. The minimum atomic E-state index is -0.437. The van der Waals surface area contributed by atoms with Gasteiger partial charge in [0.1, 0.15) is 11.6 Å². The predicted molar refractivity (Wildman–Crippen MR) is 97.6 cm³/mol. The molecule has 0 bridgehead atoms. The van der Waals surface area contributed by atoms with Gasteiger partial charge >= 0.3 is 0 Å². The number of carbonyl (C=O) groups is 1. The minimum absolute atomic E-state index is 0.180. The second kappa shape index (κ2) is 8.19. The lowest BCUT2D eigenvalue weighted by Crippen LogP contribution is -2.17. The first-order chi connectivity index (χ1) is 12.0. The number of hydrogen-bond donors (Lipinski definition) is 1. The molecule has 1 saturated carbocycles. The number of benzene rings is 1. The zero-order valence-electron chi connectivity index (χ0n) is 14.0. The first-order valence-electron chi connectivity index (χ1n) is 8.34. The topological polar surface area (TPSA) is 59.8 Å². The van der Waals surface area contributed by atoms with Crippen molar-refractivity contribution in [3.63, 3.8) is 0 Å². The average Bonchev–Trinajstić information content (AvgIpc) is 2.97. The van der Waals surface area contributed by atoms with Gasteiger partial charge in [0.05, 0.1) is 16.5 Å². The summed E-state index contributed by atoms with van der Waals surface area (Å²) in [5.41, 5.74) is 0.401. The van der Waals surface area contributed by atoms with E-state index in [0.29, 0.717) is 11.7 Å². The number of aryl methyl sites for hydroxylation is 1. The molecule has 3 rings (SSSR count). The van der Waals surface area contributed by atoms with Crippen molar-refractivity contribution in [2.75, 3.05) is 11.1 Å². The maximum atomic E-state index is 13.1. The number of anilines is 1. The number of halogens is 2. The predicted octanol–water partition coefficient (Wildman–Crippen LogP) is 4.62. The fraction of sp³-hybridized carbons (Fsp3) is 0.471. The number of rotatable bonds is 5. The van der Waals surface area contributed by atoms with Crippen LogP contribution < -0.4 is 5.32 Å². The van der Waals surface area contributed by atoms with Crippen LogP contribution >= 0.6 is 23.4 Å². The van der Waals surface area contributed by atoms with Crippen LogP contribution in [0.25, 0.3) is 0 Å². The van der Waals surface area contributed by atoms with E-state index in [9.17, 15) is 9.18 Å². The molecule has 8 heteroatoms. The van der Waals surface area contributed by atoms with Crippen molar-refractivity contribution >= 4 is 35.0 Å². The molecule has 25 heavy (non-hydrogen) atoms. The van der Waals surface area contributed by atoms with E-state index in [1.807, 2.05) is 6.92 Å². The van der Waals surface area contributed by atoms with Crippen LogP contribution in [0.4, 0.5) is 10.1 Å². The van der Waals surface area contributed by atoms with E-state index < -0.39 is 5.82 Å². The average molecular weight is 383 g/mol. The Kier molecular flexibility index (Phi) is 5.96. The summed E-state index contributed by atoms with van der Waals surface area (Å²) in [5.74, 6) is 0.428. The fourth-order valence-corrected chi connectivity index (χ4v) is 4.18. The second-order valence-electron chi connectivity index (χ2n) is 6.15. The molecule has 0 unspecified atom stereocenters. The molecular weight excluding hydrogens is 363 g/mol. The van der Waals surface area contributed by atoms with Crippen molar-refractivity contribution in [3.8, 4) is 0 Å². The smallest absolute Gasteiger partial charge is 0.234 e. The summed E-state index contributed by atoms with van der Waals surface area (Å²) in [7, 11) is 0. The highest BCUT2D eigenvalue weighted by atomic mass is 35.5. The summed E-state index contributed by atoms with van der Waals surface area (Å²) in [5, 5.41) is 12.0. The highest BCUT2D eigenvalue weighted by Crippen LogP contribution is 2.32. The third kappa shape index (κ3) is 4.52. The third-order valence-electron chi connectivity index (χ3n) is 4.31. The summed E-state index contributed by atoms with van der Waals surface area (Å²) in [6.07, 6.45) is 5.97. The molecule has 0 atom stereocenters. The standard InChI is InChI=1S/C17H20ClFN4OS/c1-11-21-22-17(23(11)13-5-3-2-4-6-13)25-10-16(24)20-15-8-7-12(19)9-14(15)18/h7-9,13H,2-6,10H2,1H3,(H,20,24). The van der Waals surface area contributed by atoms with Gasteiger partial charge in [0, 0.05) is 6.04 Å². The summed E-state index contributed by atoms with van der Waals surface area (Å²) in [6.45, 7) is 1.95. The van der Waals surface area contributed by atoms with Crippen LogP contribution in [0.1, 0.15) is 44.0 Å². The largest absolute Gasteiger partial charge is 0.324 e. The molecule has 1 aromatic heterocycles. The van der Waals surface area contributed by atoms with E-state index in [1.54, 1.807) is 0 Å². The highest BCUT2D eigenvalue weighted by Gasteiger charge is 2.21. The number of nitrogens with one attached hydrogen (secondary N) is 1. The third-order valence-corrected chi connectivity index (χ3v) is 5.57. The molecule has 2 aromatic rings. The van der Waals surface area contributed by atoms with Gasteiger partial charge in [-0.25, -0.2) is 4.39 Å². The maximum Gasteiger partial charge on any atom is 0.234 e. The Hall–Kier alpha value is -1.60. The first-order valence-corrected chi connectivity index (χ1v) is 9.70. The summed E-state index contributed by atoms with van der Waals surface area (Å²) in [4.78, 5) is 12.2. The first kappa shape index (κ1) is 18.2.